The van der Waals surface area contributed by atoms with Crippen LogP contribution in [0.3, 0.4) is 0 Å². The first-order valence-corrected chi connectivity index (χ1v) is 7.36. The van der Waals surface area contributed by atoms with E-state index in [1.54, 1.807) is 7.11 Å². The zero-order valence-corrected chi connectivity index (χ0v) is 13.1. The molecule has 0 heterocycles. The first-order chi connectivity index (χ1) is 10.2. The average Bonchev–Trinajstić information content (AvgIpc) is 2.52. The third-order valence-electron chi connectivity index (χ3n) is 3.15. The summed E-state index contributed by atoms with van der Waals surface area (Å²) in [6.07, 6.45) is 0. The summed E-state index contributed by atoms with van der Waals surface area (Å²) < 4.78 is 11.2. The lowest BCUT2D eigenvalue weighted by atomic mass is 10.2. The zero-order valence-electron chi connectivity index (χ0n) is 12.4. The molecule has 0 saturated carbocycles. The van der Waals surface area contributed by atoms with Crippen LogP contribution in [0.4, 0.5) is 0 Å². The maximum Gasteiger partial charge on any atom is 0.161 e. The zero-order chi connectivity index (χ0) is 15.1. The highest BCUT2D eigenvalue weighted by molar-refractivity contribution is 6.31. The van der Waals surface area contributed by atoms with Crippen molar-refractivity contribution in [1.29, 1.82) is 0 Å². The fraction of sp³-hybridized carbons (Fsp3) is 0.294. The predicted molar refractivity (Wildman–Crippen MR) is 86.2 cm³/mol. The Hall–Kier alpha value is -1.71. The number of ether oxygens (including phenoxy) is 2. The fourth-order valence-electron chi connectivity index (χ4n) is 1.98. The van der Waals surface area contributed by atoms with Crippen LogP contribution in [-0.2, 0) is 13.2 Å². The van der Waals surface area contributed by atoms with Gasteiger partial charge >= 0.3 is 0 Å². The van der Waals surface area contributed by atoms with Gasteiger partial charge in [-0.3, -0.25) is 0 Å². The van der Waals surface area contributed by atoms with Gasteiger partial charge in [-0.05, 0) is 30.3 Å². The van der Waals surface area contributed by atoms with Crippen LogP contribution in [0.25, 0.3) is 0 Å². The molecule has 0 unspecified atom stereocenters. The lowest BCUT2D eigenvalue weighted by Crippen LogP contribution is -2.11. The molecule has 0 spiro atoms. The molecule has 0 amide bonds. The third kappa shape index (κ3) is 4.38. The molecule has 3 nitrogen and oxygen atoms in total. The summed E-state index contributed by atoms with van der Waals surface area (Å²) in [4.78, 5) is 0. The first-order valence-electron chi connectivity index (χ1n) is 6.98. The van der Waals surface area contributed by atoms with Crippen molar-refractivity contribution in [3.8, 4) is 11.5 Å². The Labute approximate surface area is 130 Å². The molecule has 0 aliphatic carbocycles. The molecule has 0 bridgehead atoms. The van der Waals surface area contributed by atoms with Gasteiger partial charge in [0.1, 0.15) is 6.61 Å². The first kappa shape index (κ1) is 15.7. The van der Waals surface area contributed by atoms with Crippen LogP contribution in [0.5, 0.6) is 11.5 Å². The smallest absolute Gasteiger partial charge is 0.161 e. The van der Waals surface area contributed by atoms with Crippen LogP contribution in [0.2, 0.25) is 5.02 Å². The van der Waals surface area contributed by atoms with E-state index in [0.29, 0.717) is 11.6 Å². The molecule has 2 aromatic carbocycles. The van der Waals surface area contributed by atoms with Crippen molar-refractivity contribution < 1.29 is 9.47 Å². The van der Waals surface area contributed by atoms with Crippen LogP contribution in [0.15, 0.2) is 42.5 Å². The largest absolute Gasteiger partial charge is 0.493 e. The molecule has 0 atom stereocenters. The molecule has 112 valence electrons. The highest BCUT2D eigenvalue weighted by Crippen LogP contribution is 2.29. The maximum atomic E-state index is 6.13. The summed E-state index contributed by atoms with van der Waals surface area (Å²) in [5.74, 6) is 1.45. The van der Waals surface area contributed by atoms with E-state index in [9.17, 15) is 0 Å². The van der Waals surface area contributed by atoms with Gasteiger partial charge in [-0.1, -0.05) is 42.8 Å². The van der Waals surface area contributed by atoms with Crippen molar-refractivity contribution in [2.75, 3.05) is 13.7 Å². The molecule has 1 N–H and O–H groups in total. The normalized spacial score (nSPS) is 10.4. The lowest BCUT2D eigenvalue weighted by molar-refractivity contribution is 0.284. The monoisotopic (exact) mass is 305 g/mol. The summed E-state index contributed by atoms with van der Waals surface area (Å²) in [5, 5.41) is 4.00. The summed E-state index contributed by atoms with van der Waals surface area (Å²) in [6.45, 7) is 4.26. The van der Waals surface area contributed by atoms with Gasteiger partial charge in [-0.15, -0.1) is 0 Å². The van der Waals surface area contributed by atoms with Gasteiger partial charge in [0.2, 0.25) is 0 Å². The highest BCUT2D eigenvalue weighted by Gasteiger charge is 2.07. The average molecular weight is 306 g/mol. The van der Waals surface area contributed by atoms with Crippen molar-refractivity contribution in [3.05, 3.63) is 58.6 Å². The van der Waals surface area contributed by atoms with Gasteiger partial charge in [0.05, 0.1) is 7.11 Å². The Bertz CT molecular complexity index is 587. The second kappa shape index (κ2) is 7.91. The Balaban J connectivity index is 2.07. The minimum absolute atomic E-state index is 0.419. The van der Waals surface area contributed by atoms with E-state index in [1.165, 1.54) is 5.56 Å². The predicted octanol–water partition coefficient (Wildman–Crippen LogP) is 4.04. The van der Waals surface area contributed by atoms with E-state index in [1.807, 2.05) is 42.5 Å². The molecular weight excluding hydrogens is 286 g/mol. The second-order valence-corrected chi connectivity index (χ2v) is 5.05. The van der Waals surface area contributed by atoms with Crippen LogP contribution in [0.1, 0.15) is 18.1 Å². The Morgan fingerprint density at radius 2 is 1.90 bits per heavy atom. The SMILES string of the molecule is CCNCc1ccc(OCc2ccccc2Cl)c(OC)c1. The van der Waals surface area contributed by atoms with Gasteiger partial charge in [-0.25, -0.2) is 0 Å². The molecule has 0 aromatic heterocycles. The molecule has 21 heavy (non-hydrogen) atoms. The van der Waals surface area contributed by atoms with Crippen molar-refractivity contribution in [2.24, 2.45) is 0 Å². The minimum Gasteiger partial charge on any atom is -0.493 e. The fourth-order valence-corrected chi connectivity index (χ4v) is 2.17. The van der Waals surface area contributed by atoms with Crippen molar-refractivity contribution in [1.82, 2.24) is 5.32 Å². The van der Waals surface area contributed by atoms with Crippen LogP contribution >= 0.6 is 11.6 Å². The van der Waals surface area contributed by atoms with Crippen LogP contribution < -0.4 is 14.8 Å². The van der Waals surface area contributed by atoms with Crippen molar-refractivity contribution in [3.63, 3.8) is 0 Å². The molecule has 2 aromatic rings. The number of nitrogens with one attached hydrogen (secondary N) is 1. The molecule has 0 radical (unpaired) electrons. The van der Waals surface area contributed by atoms with Gasteiger partial charge in [0, 0.05) is 17.1 Å². The van der Waals surface area contributed by atoms with Gasteiger partial charge in [-0.2, -0.15) is 0 Å². The summed E-state index contributed by atoms with van der Waals surface area (Å²) in [5.41, 5.74) is 2.12. The van der Waals surface area contributed by atoms with Crippen LogP contribution in [0, 0.1) is 0 Å². The van der Waals surface area contributed by atoms with E-state index in [2.05, 4.69) is 12.2 Å². The number of halogens is 1. The van der Waals surface area contributed by atoms with E-state index in [4.69, 9.17) is 21.1 Å². The number of hydrogen-bond acceptors (Lipinski definition) is 3. The number of benzene rings is 2. The van der Waals surface area contributed by atoms with E-state index in [-0.39, 0.29) is 0 Å². The highest BCUT2D eigenvalue weighted by atomic mass is 35.5. The lowest BCUT2D eigenvalue weighted by Gasteiger charge is -2.13. The molecular formula is C17H20ClNO2. The van der Waals surface area contributed by atoms with Crippen LogP contribution in [-0.4, -0.2) is 13.7 Å². The third-order valence-corrected chi connectivity index (χ3v) is 3.52. The Kier molecular flexibility index (Phi) is 5.90. The molecule has 0 aliphatic rings. The van der Waals surface area contributed by atoms with Crippen molar-refractivity contribution >= 4 is 11.6 Å². The number of rotatable bonds is 7. The quantitative estimate of drug-likeness (QED) is 0.837. The molecule has 0 saturated heterocycles. The van der Waals surface area contributed by atoms with Gasteiger partial charge in [0.25, 0.3) is 0 Å². The summed E-state index contributed by atoms with van der Waals surface area (Å²) in [7, 11) is 1.65. The van der Waals surface area contributed by atoms with E-state index < -0.39 is 0 Å². The molecule has 0 fully saturated rings. The number of methoxy groups -OCH3 is 1. The summed E-state index contributed by atoms with van der Waals surface area (Å²) in [6, 6.07) is 13.6. The molecule has 4 heteroatoms. The second-order valence-electron chi connectivity index (χ2n) is 4.65. The topological polar surface area (TPSA) is 30.5 Å². The minimum atomic E-state index is 0.419. The van der Waals surface area contributed by atoms with E-state index in [0.717, 1.165) is 30.2 Å². The van der Waals surface area contributed by atoms with Gasteiger partial charge < -0.3 is 14.8 Å². The van der Waals surface area contributed by atoms with E-state index >= 15 is 0 Å². The maximum absolute atomic E-state index is 6.13. The van der Waals surface area contributed by atoms with Crippen molar-refractivity contribution in [2.45, 2.75) is 20.1 Å². The molecule has 2 rings (SSSR count). The molecule has 0 aliphatic heterocycles. The Morgan fingerprint density at radius 1 is 1.10 bits per heavy atom. The number of hydrogen-bond donors (Lipinski definition) is 1. The Morgan fingerprint density at radius 3 is 2.62 bits per heavy atom. The van der Waals surface area contributed by atoms with Gasteiger partial charge in [0.15, 0.2) is 11.5 Å². The standard InChI is InChI=1S/C17H20ClNO2/c1-3-19-11-13-8-9-16(17(10-13)20-2)21-12-14-6-4-5-7-15(14)18/h4-10,19H,3,11-12H2,1-2H3. The summed E-state index contributed by atoms with van der Waals surface area (Å²) >= 11 is 6.13.